The van der Waals surface area contributed by atoms with Gasteiger partial charge in [-0.25, -0.2) is 9.97 Å². The maximum atomic E-state index is 5.58. The smallest absolute Gasteiger partial charge is 0.140 e. The molecular weight excluding hydrogens is 288 g/mol. The van der Waals surface area contributed by atoms with Gasteiger partial charge in [0, 0.05) is 4.88 Å². The van der Waals surface area contributed by atoms with E-state index in [0.29, 0.717) is 6.61 Å². The minimum Gasteiger partial charge on any atom is -0.485 e. The third-order valence-corrected chi connectivity index (χ3v) is 3.65. The Labute approximate surface area is 107 Å². The first-order valence-corrected chi connectivity index (χ1v) is 6.43. The number of nitrogens with zero attached hydrogens (tertiary/aromatic N) is 2. The van der Waals surface area contributed by atoms with E-state index in [0.717, 1.165) is 21.1 Å². The molecule has 0 N–H and O–H groups in total. The van der Waals surface area contributed by atoms with E-state index < -0.39 is 0 Å². The average Bonchev–Trinajstić information content (AvgIpc) is 2.58. The standard InChI is InChI=1S/C11H11BrN2OS/c1-7-8(2)16-11(14-7)6-15-9-3-4-10(12)13-5-9/h3-5H,6H2,1-2H3. The van der Waals surface area contributed by atoms with E-state index in [4.69, 9.17) is 4.74 Å². The van der Waals surface area contributed by atoms with Crippen LogP contribution in [0.25, 0.3) is 0 Å². The van der Waals surface area contributed by atoms with Gasteiger partial charge in [0.15, 0.2) is 0 Å². The molecule has 0 aromatic carbocycles. The lowest BCUT2D eigenvalue weighted by Crippen LogP contribution is -1.95. The van der Waals surface area contributed by atoms with Gasteiger partial charge in [0.05, 0.1) is 11.9 Å². The first-order valence-electron chi connectivity index (χ1n) is 4.82. The maximum absolute atomic E-state index is 5.58. The molecule has 0 fully saturated rings. The van der Waals surface area contributed by atoms with Crippen molar-refractivity contribution in [3.63, 3.8) is 0 Å². The van der Waals surface area contributed by atoms with Crippen LogP contribution in [0.4, 0.5) is 0 Å². The molecule has 3 nitrogen and oxygen atoms in total. The van der Waals surface area contributed by atoms with Gasteiger partial charge in [-0.3, -0.25) is 0 Å². The first-order chi connectivity index (χ1) is 7.65. The summed E-state index contributed by atoms with van der Waals surface area (Å²) in [5.41, 5.74) is 1.08. The SMILES string of the molecule is Cc1nc(COc2ccc(Br)nc2)sc1C. The molecule has 0 spiro atoms. The molecule has 0 saturated heterocycles. The lowest BCUT2D eigenvalue weighted by Gasteiger charge is -2.02. The molecule has 0 aliphatic rings. The Bertz CT molecular complexity index is 462. The van der Waals surface area contributed by atoms with Crippen LogP contribution in [-0.4, -0.2) is 9.97 Å². The maximum Gasteiger partial charge on any atom is 0.140 e. The molecule has 0 saturated carbocycles. The molecule has 0 aliphatic heterocycles. The van der Waals surface area contributed by atoms with Crippen molar-refractivity contribution in [1.29, 1.82) is 0 Å². The summed E-state index contributed by atoms with van der Waals surface area (Å²) < 4.78 is 6.39. The van der Waals surface area contributed by atoms with Crippen molar-refractivity contribution >= 4 is 27.3 Å². The number of hydrogen-bond donors (Lipinski definition) is 0. The van der Waals surface area contributed by atoms with Crippen LogP contribution in [0.2, 0.25) is 0 Å². The van der Waals surface area contributed by atoms with Gasteiger partial charge in [-0.1, -0.05) is 0 Å². The Hall–Kier alpha value is -0.940. The number of thiazole rings is 1. The zero-order valence-corrected chi connectivity index (χ0v) is 11.4. The first kappa shape index (κ1) is 11.5. The lowest BCUT2D eigenvalue weighted by atomic mass is 10.4. The summed E-state index contributed by atoms with van der Waals surface area (Å²) in [7, 11) is 0. The molecule has 0 aliphatic carbocycles. The number of ether oxygens (including phenoxy) is 1. The summed E-state index contributed by atoms with van der Waals surface area (Å²) in [5, 5.41) is 0.998. The van der Waals surface area contributed by atoms with Gasteiger partial charge in [-0.05, 0) is 41.9 Å². The molecule has 84 valence electrons. The van der Waals surface area contributed by atoms with E-state index in [-0.39, 0.29) is 0 Å². The second-order valence-corrected chi connectivity index (χ2v) is 5.45. The third-order valence-electron chi connectivity index (χ3n) is 2.14. The van der Waals surface area contributed by atoms with E-state index in [1.165, 1.54) is 4.88 Å². The summed E-state index contributed by atoms with van der Waals surface area (Å²) in [6.07, 6.45) is 1.69. The predicted molar refractivity (Wildman–Crippen MR) is 67.9 cm³/mol. The summed E-state index contributed by atoms with van der Waals surface area (Å²) >= 11 is 4.95. The average molecular weight is 299 g/mol. The third kappa shape index (κ3) is 2.80. The Morgan fingerprint density at radius 1 is 1.38 bits per heavy atom. The van der Waals surface area contributed by atoms with Crippen LogP contribution < -0.4 is 4.74 Å². The van der Waals surface area contributed by atoms with Crippen molar-refractivity contribution in [2.75, 3.05) is 0 Å². The van der Waals surface area contributed by atoms with Crippen molar-refractivity contribution in [1.82, 2.24) is 9.97 Å². The van der Waals surface area contributed by atoms with Gasteiger partial charge in [-0.2, -0.15) is 0 Å². The van der Waals surface area contributed by atoms with Gasteiger partial charge in [0.1, 0.15) is 22.0 Å². The summed E-state index contributed by atoms with van der Waals surface area (Å²) in [6, 6.07) is 3.73. The van der Waals surface area contributed by atoms with Crippen molar-refractivity contribution in [3.05, 3.63) is 38.5 Å². The van der Waals surface area contributed by atoms with E-state index in [2.05, 4.69) is 32.8 Å². The monoisotopic (exact) mass is 298 g/mol. The fraction of sp³-hybridized carbons (Fsp3) is 0.273. The highest BCUT2D eigenvalue weighted by Gasteiger charge is 2.04. The number of halogens is 1. The van der Waals surface area contributed by atoms with Gasteiger partial charge < -0.3 is 4.74 Å². The van der Waals surface area contributed by atoms with E-state index in [1.54, 1.807) is 17.5 Å². The number of aromatic nitrogens is 2. The van der Waals surface area contributed by atoms with Crippen LogP contribution in [-0.2, 0) is 6.61 Å². The zero-order chi connectivity index (χ0) is 11.5. The molecular formula is C11H11BrN2OS. The van der Waals surface area contributed by atoms with Crippen molar-refractivity contribution < 1.29 is 4.74 Å². The Kier molecular flexibility index (Phi) is 3.56. The van der Waals surface area contributed by atoms with Crippen LogP contribution >= 0.6 is 27.3 Å². The van der Waals surface area contributed by atoms with Gasteiger partial charge >= 0.3 is 0 Å². The molecule has 0 atom stereocenters. The quantitative estimate of drug-likeness (QED) is 0.814. The largest absolute Gasteiger partial charge is 0.485 e. The van der Waals surface area contributed by atoms with Crippen LogP contribution in [0.1, 0.15) is 15.6 Å². The van der Waals surface area contributed by atoms with E-state index in [1.807, 2.05) is 19.1 Å². The molecule has 0 radical (unpaired) electrons. The van der Waals surface area contributed by atoms with Gasteiger partial charge in [-0.15, -0.1) is 11.3 Å². The number of pyridine rings is 1. The topological polar surface area (TPSA) is 35.0 Å². The molecule has 16 heavy (non-hydrogen) atoms. The highest BCUT2D eigenvalue weighted by atomic mass is 79.9. The van der Waals surface area contributed by atoms with Crippen molar-refractivity contribution in [2.45, 2.75) is 20.5 Å². The lowest BCUT2D eigenvalue weighted by molar-refractivity contribution is 0.304. The Morgan fingerprint density at radius 3 is 2.75 bits per heavy atom. The fourth-order valence-electron chi connectivity index (χ4n) is 1.19. The molecule has 0 amide bonds. The number of aryl methyl sites for hydroxylation is 2. The molecule has 0 unspecified atom stereocenters. The Balaban J connectivity index is 1.99. The van der Waals surface area contributed by atoms with Crippen LogP contribution in [0.15, 0.2) is 22.9 Å². The summed E-state index contributed by atoms with van der Waals surface area (Å²) in [4.78, 5) is 9.74. The highest BCUT2D eigenvalue weighted by molar-refractivity contribution is 9.10. The van der Waals surface area contributed by atoms with E-state index in [9.17, 15) is 0 Å². The zero-order valence-electron chi connectivity index (χ0n) is 9.03. The van der Waals surface area contributed by atoms with Gasteiger partial charge in [0.2, 0.25) is 0 Å². The number of rotatable bonds is 3. The molecule has 0 bridgehead atoms. The minimum atomic E-state index is 0.503. The fourth-order valence-corrected chi connectivity index (χ4v) is 2.28. The van der Waals surface area contributed by atoms with Crippen LogP contribution in [0, 0.1) is 13.8 Å². The summed E-state index contributed by atoms with van der Waals surface area (Å²) in [6.45, 7) is 4.58. The van der Waals surface area contributed by atoms with Crippen molar-refractivity contribution in [3.8, 4) is 5.75 Å². The Morgan fingerprint density at radius 2 is 2.19 bits per heavy atom. The second kappa shape index (κ2) is 4.93. The molecule has 2 rings (SSSR count). The molecule has 2 aromatic heterocycles. The van der Waals surface area contributed by atoms with Crippen molar-refractivity contribution in [2.24, 2.45) is 0 Å². The molecule has 5 heteroatoms. The van der Waals surface area contributed by atoms with E-state index >= 15 is 0 Å². The second-order valence-electron chi connectivity index (χ2n) is 3.35. The predicted octanol–water partition coefficient (Wildman–Crippen LogP) is 3.50. The molecule has 2 heterocycles. The van der Waals surface area contributed by atoms with Crippen LogP contribution in [0.5, 0.6) is 5.75 Å². The summed E-state index contributed by atoms with van der Waals surface area (Å²) in [5.74, 6) is 0.758. The highest BCUT2D eigenvalue weighted by Crippen LogP contribution is 2.19. The number of hydrogen-bond acceptors (Lipinski definition) is 4. The van der Waals surface area contributed by atoms with Crippen LogP contribution in [0.3, 0.4) is 0 Å². The van der Waals surface area contributed by atoms with Gasteiger partial charge in [0.25, 0.3) is 0 Å². The minimum absolute atomic E-state index is 0.503. The molecule has 2 aromatic rings. The normalized spacial score (nSPS) is 10.4.